The van der Waals surface area contributed by atoms with Crippen LogP contribution in [0.2, 0.25) is 0 Å². The molecule has 0 heterocycles. The second-order valence-electron chi connectivity index (χ2n) is 10.9. The molecule has 0 aromatic carbocycles. The minimum Gasteiger partial charge on any atom is -0.310 e. The van der Waals surface area contributed by atoms with Crippen LogP contribution in [0.4, 0.5) is 0 Å². The predicted molar refractivity (Wildman–Crippen MR) is 208 cm³/mol. The van der Waals surface area contributed by atoms with Gasteiger partial charge in [-0.15, -0.1) is 39.5 Å². The minimum atomic E-state index is 0.867. The van der Waals surface area contributed by atoms with E-state index in [4.69, 9.17) is 0 Å². The van der Waals surface area contributed by atoms with Crippen LogP contribution in [0.1, 0.15) is 103 Å². The SMILES string of the molecule is BrCCCCCCCCCCBr.C=CCN(CC=C)CCCCCCCCCCN(CC=C)CC=C.C=CCNCC=C. The van der Waals surface area contributed by atoms with Crippen LogP contribution in [0.5, 0.6) is 0 Å². The lowest BCUT2D eigenvalue weighted by atomic mass is 10.1. The zero-order chi connectivity index (χ0) is 32.5. The van der Waals surface area contributed by atoms with Gasteiger partial charge in [-0.1, -0.05) is 145 Å². The molecule has 0 saturated carbocycles. The molecule has 0 unspecified atom stereocenters. The van der Waals surface area contributed by atoms with Crippen molar-refractivity contribution in [3.8, 4) is 0 Å². The first-order valence-electron chi connectivity index (χ1n) is 17.0. The van der Waals surface area contributed by atoms with E-state index < -0.39 is 0 Å². The van der Waals surface area contributed by atoms with Gasteiger partial charge in [0, 0.05) is 49.9 Å². The molecule has 0 bridgehead atoms. The Balaban J connectivity index is -0.000000693. The highest BCUT2D eigenvalue weighted by molar-refractivity contribution is 9.09. The van der Waals surface area contributed by atoms with E-state index in [2.05, 4.69) is 86.5 Å². The van der Waals surface area contributed by atoms with Crippen LogP contribution < -0.4 is 5.32 Å². The molecule has 43 heavy (non-hydrogen) atoms. The zero-order valence-corrected chi connectivity index (χ0v) is 31.4. The van der Waals surface area contributed by atoms with Crippen LogP contribution in [0.25, 0.3) is 0 Å². The van der Waals surface area contributed by atoms with Gasteiger partial charge < -0.3 is 5.32 Å². The number of alkyl halides is 2. The first kappa shape index (κ1) is 46.7. The topological polar surface area (TPSA) is 18.5 Å². The van der Waals surface area contributed by atoms with Crippen molar-refractivity contribution in [1.29, 1.82) is 0 Å². The van der Waals surface area contributed by atoms with Crippen LogP contribution in [-0.2, 0) is 0 Å². The second-order valence-corrected chi connectivity index (χ2v) is 12.5. The average Bonchev–Trinajstić information content (AvgIpc) is 3.01. The molecule has 252 valence electrons. The molecule has 0 radical (unpaired) electrons. The fourth-order valence-electron chi connectivity index (χ4n) is 4.51. The van der Waals surface area contributed by atoms with Gasteiger partial charge in [0.25, 0.3) is 0 Å². The highest BCUT2D eigenvalue weighted by atomic mass is 79.9. The Morgan fingerprint density at radius 3 is 0.860 bits per heavy atom. The lowest BCUT2D eigenvalue weighted by Crippen LogP contribution is -2.25. The Bertz CT molecular complexity index is 524. The molecular weight excluding hydrogens is 658 g/mol. The Morgan fingerprint density at radius 2 is 0.628 bits per heavy atom. The van der Waals surface area contributed by atoms with Gasteiger partial charge in [0.15, 0.2) is 0 Å². The van der Waals surface area contributed by atoms with Crippen molar-refractivity contribution >= 4 is 31.9 Å². The summed E-state index contributed by atoms with van der Waals surface area (Å²) in [6.45, 7) is 30.3. The maximum atomic E-state index is 3.82. The smallest absolute Gasteiger partial charge is 0.0163 e. The number of unbranched alkanes of at least 4 members (excludes halogenated alkanes) is 14. The van der Waals surface area contributed by atoms with E-state index in [1.54, 1.807) is 0 Å². The molecule has 0 atom stereocenters. The maximum Gasteiger partial charge on any atom is 0.0163 e. The molecule has 0 aromatic heterocycles. The van der Waals surface area contributed by atoms with Crippen LogP contribution in [0, 0.1) is 0 Å². The third-order valence-corrected chi connectivity index (χ3v) is 7.96. The van der Waals surface area contributed by atoms with Gasteiger partial charge in [-0.05, 0) is 38.8 Å². The zero-order valence-electron chi connectivity index (χ0n) is 28.2. The van der Waals surface area contributed by atoms with E-state index >= 15 is 0 Å². The fourth-order valence-corrected chi connectivity index (χ4v) is 5.31. The fraction of sp³-hybridized carbons (Fsp3) is 0.684. The Labute approximate surface area is 287 Å². The molecule has 0 aliphatic carbocycles. The van der Waals surface area contributed by atoms with Gasteiger partial charge in [-0.3, -0.25) is 9.80 Å². The van der Waals surface area contributed by atoms with Crippen molar-refractivity contribution in [2.24, 2.45) is 0 Å². The molecule has 5 heteroatoms. The third kappa shape index (κ3) is 45.8. The maximum absolute atomic E-state index is 3.82. The summed E-state index contributed by atoms with van der Waals surface area (Å²) in [5.41, 5.74) is 0. The van der Waals surface area contributed by atoms with Crippen LogP contribution in [-0.4, -0.2) is 72.8 Å². The molecule has 3 nitrogen and oxygen atoms in total. The van der Waals surface area contributed by atoms with Crippen molar-refractivity contribution in [1.82, 2.24) is 15.1 Å². The van der Waals surface area contributed by atoms with E-state index in [0.29, 0.717) is 0 Å². The highest BCUT2D eigenvalue weighted by Crippen LogP contribution is 2.11. The number of hydrogen-bond donors (Lipinski definition) is 1. The lowest BCUT2D eigenvalue weighted by Gasteiger charge is -2.18. The van der Waals surface area contributed by atoms with E-state index in [0.717, 1.165) is 39.3 Å². The summed E-state index contributed by atoms with van der Waals surface area (Å²) in [5.74, 6) is 0. The monoisotopic (exact) mass is 727 g/mol. The molecule has 0 aliphatic heterocycles. The summed E-state index contributed by atoms with van der Waals surface area (Å²) < 4.78 is 0. The molecular formula is C38H71Br2N3. The molecule has 0 saturated heterocycles. The largest absolute Gasteiger partial charge is 0.310 e. The lowest BCUT2D eigenvalue weighted by molar-refractivity contribution is 0.321. The summed E-state index contributed by atoms with van der Waals surface area (Å²) in [4.78, 5) is 4.80. The first-order valence-corrected chi connectivity index (χ1v) is 19.3. The van der Waals surface area contributed by atoms with Crippen molar-refractivity contribution < 1.29 is 0 Å². The summed E-state index contributed by atoms with van der Waals surface area (Å²) in [5, 5.41) is 5.40. The number of nitrogens with zero attached hydrogens (tertiary/aromatic N) is 2. The first-order chi connectivity index (χ1) is 21.1. The number of hydrogen-bond acceptors (Lipinski definition) is 3. The molecule has 0 aromatic rings. The number of nitrogens with one attached hydrogen (secondary N) is 1. The van der Waals surface area contributed by atoms with Crippen molar-refractivity contribution in [2.45, 2.75) is 103 Å². The van der Waals surface area contributed by atoms with Crippen LogP contribution in [0.15, 0.2) is 75.9 Å². The molecule has 0 rings (SSSR count). The van der Waals surface area contributed by atoms with E-state index in [9.17, 15) is 0 Å². The van der Waals surface area contributed by atoms with Gasteiger partial charge >= 0.3 is 0 Å². The highest BCUT2D eigenvalue weighted by Gasteiger charge is 2.01. The van der Waals surface area contributed by atoms with Crippen molar-refractivity contribution in [3.63, 3.8) is 0 Å². The molecule has 0 spiro atoms. The normalized spacial score (nSPS) is 10.3. The Kier molecular flexibility index (Phi) is 49.6. The number of halogens is 2. The van der Waals surface area contributed by atoms with E-state index in [1.807, 2.05) is 36.5 Å². The molecule has 0 aliphatic rings. The van der Waals surface area contributed by atoms with Gasteiger partial charge in [-0.25, -0.2) is 0 Å². The van der Waals surface area contributed by atoms with Gasteiger partial charge in [0.2, 0.25) is 0 Å². The van der Waals surface area contributed by atoms with Crippen LogP contribution in [0.3, 0.4) is 0 Å². The summed E-state index contributed by atoms with van der Waals surface area (Å²) >= 11 is 6.90. The second kappa shape index (κ2) is 45.7. The molecule has 1 N–H and O–H groups in total. The van der Waals surface area contributed by atoms with E-state index in [-0.39, 0.29) is 0 Å². The van der Waals surface area contributed by atoms with Gasteiger partial charge in [0.05, 0.1) is 0 Å². The van der Waals surface area contributed by atoms with Crippen molar-refractivity contribution in [2.75, 3.05) is 63.0 Å². The van der Waals surface area contributed by atoms with Crippen molar-refractivity contribution in [3.05, 3.63) is 75.9 Å². The minimum absolute atomic E-state index is 0.867. The Hall–Kier alpha value is -0.720. The van der Waals surface area contributed by atoms with Gasteiger partial charge in [-0.2, -0.15) is 0 Å². The molecule has 0 fully saturated rings. The predicted octanol–water partition coefficient (Wildman–Crippen LogP) is 11.3. The third-order valence-electron chi connectivity index (χ3n) is 6.84. The molecule has 0 amide bonds. The van der Waals surface area contributed by atoms with Crippen LogP contribution >= 0.6 is 31.9 Å². The standard InChI is InChI=1S/C22H40N2.C10H20Br2.C6H11N/c1-5-17-23(18-6-2)21-15-13-11-9-10-12-14-16-22-24(19-7-3)20-8-4;11-9-7-5-3-1-2-4-6-8-10-12;1-3-5-7-6-4-2/h5-8H,1-4,9-22H2;1-10H2;3-4,7H,1-2,5-6H2. The summed E-state index contributed by atoms with van der Waals surface area (Å²) in [6.07, 6.45) is 33.6. The van der Waals surface area contributed by atoms with Gasteiger partial charge in [0.1, 0.15) is 0 Å². The average molecular weight is 730 g/mol. The van der Waals surface area contributed by atoms with E-state index in [1.165, 1.54) is 126 Å². The Morgan fingerprint density at radius 1 is 0.372 bits per heavy atom. The number of rotatable bonds is 32. The quantitative estimate of drug-likeness (QED) is 0.0423. The summed E-state index contributed by atoms with van der Waals surface area (Å²) in [6, 6.07) is 0. The summed E-state index contributed by atoms with van der Waals surface area (Å²) in [7, 11) is 0.